The van der Waals surface area contributed by atoms with Crippen molar-refractivity contribution in [2.24, 2.45) is 0 Å². The first kappa shape index (κ1) is 25.0. The molecule has 0 unspecified atom stereocenters. The molecule has 0 fully saturated rings. The second-order valence-electron chi connectivity index (χ2n) is 7.98. The van der Waals surface area contributed by atoms with E-state index in [9.17, 15) is 9.59 Å². The summed E-state index contributed by atoms with van der Waals surface area (Å²) in [6.45, 7) is 8.53. The Kier molecular flexibility index (Phi) is 10.6. The summed E-state index contributed by atoms with van der Waals surface area (Å²) in [5.41, 5.74) is 3.48. The molecule has 0 aromatic heterocycles. The molecule has 5 heteroatoms. The van der Waals surface area contributed by atoms with Crippen LogP contribution in [0, 0.1) is 6.92 Å². The van der Waals surface area contributed by atoms with Gasteiger partial charge < -0.3 is 10.2 Å². The van der Waals surface area contributed by atoms with Crippen LogP contribution in [0.25, 0.3) is 0 Å². The van der Waals surface area contributed by atoms with E-state index in [-0.39, 0.29) is 17.9 Å². The molecule has 0 saturated carbocycles. The third-order valence-electron chi connectivity index (χ3n) is 5.56. The van der Waals surface area contributed by atoms with Crippen LogP contribution in [0.4, 0.5) is 0 Å². The Bertz CT molecular complexity index is 825. The number of carbonyl (C=O) groups is 2. The van der Waals surface area contributed by atoms with Crippen LogP contribution >= 0.6 is 11.8 Å². The molecule has 0 aliphatic heterocycles. The maximum absolute atomic E-state index is 13.3. The van der Waals surface area contributed by atoms with Gasteiger partial charge in [0.15, 0.2) is 0 Å². The fourth-order valence-corrected chi connectivity index (χ4v) is 4.29. The maximum Gasteiger partial charge on any atom is 0.243 e. The number of hydrogen-bond acceptors (Lipinski definition) is 3. The summed E-state index contributed by atoms with van der Waals surface area (Å²) in [4.78, 5) is 28.0. The number of nitrogens with zero attached hydrogens (tertiary/aromatic N) is 1. The van der Waals surface area contributed by atoms with Crippen LogP contribution in [0.3, 0.4) is 0 Å². The van der Waals surface area contributed by atoms with Crippen molar-refractivity contribution in [3.8, 4) is 0 Å². The summed E-state index contributed by atoms with van der Waals surface area (Å²) in [6, 6.07) is 18.0. The van der Waals surface area contributed by atoms with Gasteiger partial charge in [0.05, 0.1) is 0 Å². The molecule has 4 nitrogen and oxygen atoms in total. The molecule has 0 spiro atoms. The average Bonchev–Trinajstić information content (AvgIpc) is 2.78. The first-order valence-corrected chi connectivity index (χ1v) is 12.4. The van der Waals surface area contributed by atoms with E-state index in [1.54, 1.807) is 16.7 Å². The van der Waals surface area contributed by atoms with Crippen LogP contribution in [-0.2, 0) is 21.9 Å². The summed E-state index contributed by atoms with van der Waals surface area (Å²) >= 11 is 1.76. The molecule has 168 valence electrons. The largest absolute Gasteiger partial charge is 0.352 e. The van der Waals surface area contributed by atoms with E-state index in [4.69, 9.17) is 0 Å². The topological polar surface area (TPSA) is 49.4 Å². The minimum atomic E-state index is -0.458. The smallest absolute Gasteiger partial charge is 0.243 e. The summed E-state index contributed by atoms with van der Waals surface area (Å²) < 4.78 is 0. The van der Waals surface area contributed by atoms with E-state index in [0.717, 1.165) is 29.1 Å². The van der Waals surface area contributed by atoms with Gasteiger partial charge in [-0.2, -0.15) is 11.8 Å². The first-order valence-electron chi connectivity index (χ1n) is 11.2. The second kappa shape index (κ2) is 13.2. The Balaban J connectivity index is 2.08. The lowest BCUT2D eigenvalue weighted by atomic mass is 10.1. The zero-order chi connectivity index (χ0) is 22.6. The minimum absolute atomic E-state index is 0.0370. The van der Waals surface area contributed by atoms with Gasteiger partial charge in [-0.15, -0.1) is 0 Å². The molecular formula is C26H36N2O2S. The Morgan fingerprint density at radius 3 is 2.32 bits per heavy atom. The molecule has 2 amide bonds. The van der Waals surface area contributed by atoms with Crippen LogP contribution in [0.2, 0.25) is 0 Å². The predicted octanol–water partition coefficient (Wildman–Crippen LogP) is 5.34. The number of rotatable bonds is 12. The number of hydrogen-bond donors (Lipinski definition) is 1. The molecule has 2 rings (SSSR count). The zero-order valence-corrected chi connectivity index (χ0v) is 20.1. The van der Waals surface area contributed by atoms with Crippen LogP contribution < -0.4 is 5.32 Å². The second-order valence-corrected chi connectivity index (χ2v) is 9.08. The van der Waals surface area contributed by atoms with Gasteiger partial charge in [-0.05, 0) is 43.4 Å². The zero-order valence-electron chi connectivity index (χ0n) is 19.3. The molecule has 1 N–H and O–H groups in total. The molecule has 31 heavy (non-hydrogen) atoms. The van der Waals surface area contributed by atoms with Gasteiger partial charge in [-0.3, -0.25) is 9.59 Å². The van der Waals surface area contributed by atoms with Crippen molar-refractivity contribution in [2.45, 2.75) is 71.3 Å². The fraction of sp³-hybridized carbons (Fsp3) is 0.462. The molecule has 0 aliphatic rings. The van der Waals surface area contributed by atoms with Crippen molar-refractivity contribution < 1.29 is 9.59 Å². The minimum Gasteiger partial charge on any atom is -0.352 e. The Hall–Kier alpha value is -2.27. The molecule has 2 aromatic carbocycles. The SMILES string of the molecule is CC[C@H](C)NC(=O)[C@H](CC)N(Cc1ccccc1C)C(=O)CCSCc1ccccc1. The Morgan fingerprint density at radius 2 is 1.68 bits per heavy atom. The lowest BCUT2D eigenvalue weighted by Crippen LogP contribution is -2.50. The van der Waals surface area contributed by atoms with E-state index in [0.29, 0.717) is 19.4 Å². The van der Waals surface area contributed by atoms with Gasteiger partial charge >= 0.3 is 0 Å². The normalized spacial score (nSPS) is 12.8. The van der Waals surface area contributed by atoms with Crippen molar-refractivity contribution in [1.29, 1.82) is 0 Å². The van der Waals surface area contributed by atoms with Gasteiger partial charge in [-0.1, -0.05) is 68.4 Å². The van der Waals surface area contributed by atoms with Crippen molar-refractivity contribution in [3.05, 3.63) is 71.3 Å². The predicted molar refractivity (Wildman–Crippen MR) is 131 cm³/mol. The third kappa shape index (κ3) is 8.06. The Labute approximate surface area is 191 Å². The highest BCUT2D eigenvalue weighted by Crippen LogP contribution is 2.19. The standard InChI is InChI=1S/C26H36N2O2S/c1-5-21(4)27-26(30)24(6-2)28(18-23-15-11-10-12-20(23)3)25(29)16-17-31-19-22-13-8-7-9-14-22/h7-15,21,24H,5-6,16-19H2,1-4H3,(H,27,30)/t21-,24-/m0/s1. The number of nitrogens with one attached hydrogen (secondary N) is 1. The van der Waals surface area contributed by atoms with E-state index in [2.05, 4.69) is 17.4 Å². The molecule has 2 aromatic rings. The molecule has 0 heterocycles. The molecule has 0 radical (unpaired) electrons. The molecule has 0 bridgehead atoms. The van der Waals surface area contributed by atoms with Crippen molar-refractivity contribution in [2.75, 3.05) is 5.75 Å². The van der Waals surface area contributed by atoms with Crippen molar-refractivity contribution >= 4 is 23.6 Å². The summed E-state index contributed by atoms with van der Waals surface area (Å²) in [5.74, 6) is 1.60. The van der Waals surface area contributed by atoms with Crippen LogP contribution in [-0.4, -0.2) is 34.6 Å². The Morgan fingerprint density at radius 1 is 1.00 bits per heavy atom. The van der Waals surface area contributed by atoms with Crippen molar-refractivity contribution in [1.82, 2.24) is 10.2 Å². The van der Waals surface area contributed by atoms with Crippen LogP contribution in [0.15, 0.2) is 54.6 Å². The summed E-state index contributed by atoms with van der Waals surface area (Å²) in [7, 11) is 0. The fourth-order valence-electron chi connectivity index (χ4n) is 3.40. The molecular weight excluding hydrogens is 404 g/mol. The highest BCUT2D eigenvalue weighted by atomic mass is 32.2. The van der Waals surface area contributed by atoms with E-state index in [1.807, 2.05) is 70.2 Å². The van der Waals surface area contributed by atoms with Gasteiger partial charge in [0.1, 0.15) is 6.04 Å². The lowest BCUT2D eigenvalue weighted by molar-refractivity contribution is -0.141. The number of amides is 2. The van der Waals surface area contributed by atoms with Crippen LogP contribution in [0.1, 0.15) is 56.7 Å². The van der Waals surface area contributed by atoms with Gasteiger partial charge in [0, 0.05) is 30.5 Å². The van der Waals surface area contributed by atoms with E-state index >= 15 is 0 Å². The van der Waals surface area contributed by atoms with E-state index in [1.165, 1.54) is 5.56 Å². The van der Waals surface area contributed by atoms with Gasteiger partial charge in [-0.25, -0.2) is 0 Å². The van der Waals surface area contributed by atoms with E-state index < -0.39 is 6.04 Å². The number of thioether (sulfide) groups is 1. The third-order valence-corrected chi connectivity index (χ3v) is 6.59. The van der Waals surface area contributed by atoms with Gasteiger partial charge in [0.2, 0.25) is 11.8 Å². The summed E-state index contributed by atoms with van der Waals surface area (Å²) in [6.07, 6.45) is 1.89. The van der Waals surface area contributed by atoms with Gasteiger partial charge in [0.25, 0.3) is 0 Å². The number of aryl methyl sites for hydroxylation is 1. The highest BCUT2D eigenvalue weighted by molar-refractivity contribution is 7.98. The highest BCUT2D eigenvalue weighted by Gasteiger charge is 2.29. The summed E-state index contributed by atoms with van der Waals surface area (Å²) in [5, 5.41) is 3.07. The quantitative estimate of drug-likeness (QED) is 0.453. The average molecular weight is 441 g/mol. The monoisotopic (exact) mass is 440 g/mol. The maximum atomic E-state index is 13.3. The van der Waals surface area contributed by atoms with Crippen LogP contribution in [0.5, 0.6) is 0 Å². The number of carbonyl (C=O) groups excluding carboxylic acids is 2. The lowest BCUT2D eigenvalue weighted by Gasteiger charge is -2.32. The first-order chi connectivity index (χ1) is 15.0. The van der Waals surface area contributed by atoms with Crippen molar-refractivity contribution in [3.63, 3.8) is 0 Å². The molecule has 0 saturated heterocycles. The molecule has 2 atom stereocenters. The molecule has 0 aliphatic carbocycles. The number of benzene rings is 2.